The first-order valence-corrected chi connectivity index (χ1v) is 14.3. The van der Waals surface area contributed by atoms with Crippen LogP contribution in [0.5, 0.6) is 0 Å². The molecule has 0 radical (unpaired) electrons. The summed E-state index contributed by atoms with van der Waals surface area (Å²) in [6.45, 7) is 17.2. The zero-order valence-corrected chi connectivity index (χ0v) is 25.2. The Labute approximate surface area is 227 Å². The first kappa shape index (κ1) is 29.6. The SMILES string of the molecule is CCCN(CC)CCN(C)c1c(CCCN(CCC)CCN(C)c2c(C)c(=S)c2=S)c(=S)c1=S. The highest BCUT2D eigenvalue weighted by molar-refractivity contribution is 7.74. The summed E-state index contributed by atoms with van der Waals surface area (Å²) in [7, 11) is 4.29. The molecule has 0 atom stereocenters. The van der Waals surface area contributed by atoms with Gasteiger partial charge in [-0.25, -0.2) is 0 Å². The molecule has 0 N–H and O–H groups in total. The minimum atomic E-state index is 0.854. The molecule has 2 rings (SSSR count). The van der Waals surface area contributed by atoms with Crippen molar-refractivity contribution in [3.63, 3.8) is 0 Å². The molecular weight excluding hydrogens is 497 g/mol. The summed E-state index contributed by atoms with van der Waals surface area (Å²) >= 11 is 22.0. The topological polar surface area (TPSA) is 13.0 Å². The minimum Gasteiger partial charge on any atom is -0.372 e. The highest BCUT2D eigenvalue weighted by Gasteiger charge is 2.19. The fourth-order valence-electron chi connectivity index (χ4n) is 4.70. The molecule has 0 aliphatic carbocycles. The van der Waals surface area contributed by atoms with Crippen LogP contribution in [0.3, 0.4) is 0 Å². The quantitative estimate of drug-likeness (QED) is 0.206. The fraction of sp³-hybridized carbons (Fsp3) is 0.692. The second-order valence-electron chi connectivity index (χ2n) is 9.34. The van der Waals surface area contributed by atoms with Gasteiger partial charge in [-0.15, -0.1) is 0 Å². The van der Waals surface area contributed by atoms with Crippen molar-refractivity contribution in [3.05, 3.63) is 29.2 Å². The van der Waals surface area contributed by atoms with Crippen molar-refractivity contribution in [1.29, 1.82) is 0 Å². The summed E-state index contributed by atoms with van der Waals surface area (Å²) in [6, 6.07) is 0. The van der Waals surface area contributed by atoms with E-state index in [2.05, 4.69) is 61.4 Å². The minimum absolute atomic E-state index is 0.854. The summed E-state index contributed by atoms with van der Waals surface area (Å²) in [5.74, 6) is 0. The van der Waals surface area contributed by atoms with Crippen LogP contribution in [-0.2, 0) is 6.42 Å². The first-order valence-electron chi connectivity index (χ1n) is 12.7. The first-order chi connectivity index (χ1) is 16.2. The predicted octanol–water partition coefficient (Wildman–Crippen LogP) is 6.61. The standard InChI is InChI=1S/C26H42N4S4/c1-7-12-29(9-3)17-15-28(6)22-20(24(32)26(22)34)11-10-14-30(13-8-2)18-16-27(5)21-19(4)23(31)25(21)33/h7-18H2,1-6H3. The van der Waals surface area contributed by atoms with E-state index in [0.29, 0.717) is 0 Å². The predicted molar refractivity (Wildman–Crippen MR) is 160 cm³/mol. The van der Waals surface area contributed by atoms with Gasteiger partial charge < -0.3 is 19.6 Å². The van der Waals surface area contributed by atoms with E-state index >= 15 is 0 Å². The lowest BCUT2D eigenvalue weighted by Gasteiger charge is -2.30. The average Bonchev–Trinajstić information content (AvgIpc) is 2.83. The van der Waals surface area contributed by atoms with Crippen LogP contribution in [-0.4, -0.2) is 76.3 Å². The second kappa shape index (κ2) is 14.2. The van der Waals surface area contributed by atoms with E-state index in [1.807, 2.05) is 0 Å². The Bertz CT molecular complexity index is 1060. The van der Waals surface area contributed by atoms with E-state index in [1.165, 1.54) is 23.2 Å². The zero-order chi connectivity index (χ0) is 25.4. The Morgan fingerprint density at radius 3 is 1.68 bits per heavy atom. The molecule has 190 valence electrons. The van der Waals surface area contributed by atoms with Crippen LogP contribution < -0.4 is 9.80 Å². The van der Waals surface area contributed by atoms with Crippen LogP contribution in [0.4, 0.5) is 11.4 Å². The molecule has 4 nitrogen and oxygen atoms in total. The van der Waals surface area contributed by atoms with Gasteiger partial charge in [0.2, 0.25) is 0 Å². The molecule has 34 heavy (non-hydrogen) atoms. The number of hydrogen-bond acceptors (Lipinski definition) is 8. The van der Waals surface area contributed by atoms with E-state index in [1.54, 1.807) is 0 Å². The maximum atomic E-state index is 5.64. The molecule has 0 aliphatic heterocycles. The van der Waals surface area contributed by atoms with Crippen LogP contribution in [0.2, 0.25) is 0 Å². The van der Waals surface area contributed by atoms with Gasteiger partial charge in [0.15, 0.2) is 0 Å². The van der Waals surface area contributed by atoms with Crippen LogP contribution in [0.1, 0.15) is 51.2 Å². The Morgan fingerprint density at radius 2 is 1.12 bits per heavy atom. The largest absolute Gasteiger partial charge is 0.372 e. The zero-order valence-electron chi connectivity index (χ0n) is 21.9. The van der Waals surface area contributed by atoms with Crippen molar-refractivity contribution in [2.45, 2.75) is 53.4 Å². The molecule has 0 saturated carbocycles. The molecule has 0 aliphatic rings. The van der Waals surface area contributed by atoms with Gasteiger partial charge >= 0.3 is 0 Å². The van der Waals surface area contributed by atoms with Crippen molar-refractivity contribution < 1.29 is 0 Å². The summed E-state index contributed by atoms with van der Waals surface area (Å²) in [4.78, 5) is 9.65. The molecular formula is C26H42N4S4. The number of likely N-dealkylation sites (N-methyl/N-ethyl adjacent to an activating group) is 3. The monoisotopic (exact) mass is 538 g/mol. The maximum Gasteiger partial charge on any atom is 0.0798 e. The van der Waals surface area contributed by atoms with Gasteiger partial charge in [0.05, 0.1) is 29.4 Å². The normalized spacial score (nSPS) is 11.9. The molecule has 0 saturated heterocycles. The van der Waals surface area contributed by atoms with Gasteiger partial charge in [-0.05, 0) is 69.9 Å². The lowest BCUT2D eigenvalue weighted by Crippen LogP contribution is -2.36. The van der Waals surface area contributed by atoms with Crippen LogP contribution in [0.15, 0.2) is 0 Å². The van der Waals surface area contributed by atoms with E-state index < -0.39 is 0 Å². The van der Waals surface area contributed by atoms with E-state index in [4.69, 9.17) is 48.9 Å². The molecule has 2 aromatic carbocycles. The summed E-state index contributed by atoms with van der Waals surface area (Å²) in [6.07, 6.45) is 4.44. The van der Waals surface area contributed by atoms with Crippen molar-refractivity contribution >= 4 is 60.2 Å². The third kappa shape index (κ3) is 7.20. The Hall–Kier alpha value is -0.640. The average molecular weight is 539 g/mol. The van der Waals surface area contributed by atoms with Crippen molar-refractivity contribution in [2.24, 2.45) is 0 Å². The van der Waals surface area contributed by atoms with Crippen LogP contribution in [0.25, 0.3) is 0 Å². The molecule has 0 bridgehead atoms. The molecule has 0 fully saturated rings. The lowest BCUT2D eigenvalue weighted by atomic mass is 10.0. The van der Waals surface area contributed by atoms with Crippen molar-refractivity contribution in [3.8, 4) is 0 Å². The van der Waals surface area contributed by atoms with Gasteiger partial charge in [0.25, 0.3) is 0 Å². The number of nitrogens with zero attached hydrogens (tertiary/aromatic N) is 4. The third-order valence-corrected chi connectivity index (χ3v) is 8.81. The lowest BCUT2D eigenvalue weighted by molar-refractivity contribution is 0.277. The number of anilines is 2. The van der Waals surface area contributed by atoms with Crippen LogP contribution in [0, 0.1) is 25.0 Å². The summed E-state index contributed by atoms with van der Waals surface area (Å²) < 4.78 is 3.51. The van der Waals surface area contributed by atoms with Gasteiger partial charge in [-0.2, -0.15) is 0 Å². The second-order valence-corrected chi connectivity index (χ2v) is 11.0. The molecule has 0 spiro atoms. The van der Waals surface area contributed by atoms with Gasteiger partial charge in [0.1, 0.15) is 0 Å². The smallest absolute Gasteiger partial charge is 0.0798 e. The Morgan fingerprint density at radius 1 is 0.588 bits per heavy atom. The molecule has 2 aromatic rings. The van der Waals surface area contributed by atoms with Crippen molar-refractivity contribution in [1.82, 2.24) is 9.80 Å². The summed E-state index contributed by atoms with van der Waals surface area (Å²) in [5, 5.41) is 0. The van der Waals surface area contributed by atoms with Gasteiger partial charge in [0, 0.05) is 40.3 Å². The summed E-state index contributed by atoms with van der Waals surface area (Å²) in [5.41, 5.74) is 4.83. The highest BCUT2D eigenvalue weighted by Crippen LogP contribution is 2.31. The van der Waals surface area contributed by atoms with E-state index in [-0.39, 0.29) is 0 Å². The van der Waals surface area contributed by atoms with Gasteiger partial charge in [-0.3, -0.25) is 0 Å². The Balaban J connectivity index is 1.89. The van der Waals surface area contributed by atoms with E-state index in [9.17, 15) is 0 Å². The van der Waals surface area contributed by atoms with Crippen molar-refractivity contribution in [2.75, 3.05) is 76.3 Å². The highest BCUT2D eigenvalue weighted by atomic mass is 32.1. The van der Waals surface area contributed by atoms with E-state index in [0.717, 1.165) is 95.3 Å². The van der Waals surface area contributed by atoms with Crippen LogP contribution >= 0.6 is 48.9 Å². The van der Waals surface area contributed by atoms with Gasteiger partial charge in [-0.1, -0.05) is 69.6 Å². The molecule has 0 unspecified atom stereocenters. The molecule has 0 amide bonds. The number of hydrogen-bond donors (Lipinski definition) is 0. The Kier molecular flexibility index (Phi) is 12.3. The fourth-order valence-corrected chi connectivity index (χ4v) is 6.05. The third-order valence-electron chi connectivity index (χ3n) is 6.79. The maximum absolute atomic E-state index is 5.64. The molecule has 8 heteroatoms. The molecule has 0 heterocycles. The number of rotatable bonds is 17. The molecule has 0 aromatic heterocycles.